The molecule has 1 N–H and O–H groups in total. The molecule has 3 aromatic carbocycles. The number of hydrogen-bond donors (Lipinski definition) is 1. The Hall–Kier alpha value is -4.04. The van der Waals surface area contributed by atoms with Crippen LogP contribution in [0.2, 0.25) is 0 Å². The van der Waals surface area contributed by atoms with Crippen LogP contribution in [0.4, 0.5) is 5.69 Å². The molecule has 34 heavy (non-hydrogen) atoms. The smallest absolute Gasteiger partial charge is 0.338 e. The van der Waals surface area contributed by atoms with Crippen LogP contribution >= 0.6 is 0 Å². The normalized spacial score (nSPS) is 13.6. The Labute approximate surface area is 196 Å². The SMILES string of the molecule is COCCCN1C(=O)c2ccc(C(=O)OC(C)C(=O)Nc3ccc4ccccc4c3)cc2C1=O. The summed E-state index contributed by atoms with van der Waals surface area (Å²) in [6.45, 7) is 2.12. The second-order valence-corrected chi connectivity index (χ2v) is 7.97. The van der Waals surface area contributed by atoms with Gasteiger partial charge in [0.25, 0.3) is 17.7 Å². The van der Waals surface area contributed by atoms with E-state index < -0.39 is 29.8 Å². The highest BCUT2D eigenvalue weighted by Crippen LogP contribution is 2.25. The molecule has 0 saturated carbocycles. The monoisotopic (exact) mass is 460 g/mol. The third kappa shape index (κ3) is 4.67. The number of nitrogens with zero attached hydrogens (tertiary/aromatic N) is 1. The van der Waals surface area contributed by atoms with Crippen LogP contribution in [-0.4, -0.2) is 55.0 Å². The molecule has 0 fully saturated rings. The second kappa shape index (κ2) is 9.84. The second-order valence-electron chi connectivity index (χ2n) is 7.97. The molecule has 0 radical (unpaired) electrons. The molecule has 1 atom stereocenters. The Morgan fingerprint density at radius 3 is 2.44 bits per heavy atom. The third-order valence-corrected chi connectivity index (χ3v) is 5.61. The number of imide groups is 1. The molecule has 3 amide bonds. The summed E-state index contributed by atoms with van der Waals surface area (Å²) in [7, 11) is 1.54. The van der Waals surface area contributed by atoms with Crippen LogP contribution in [0.25, 0.3) is 10.8 Å². The lowest BCUT2D eigenvalue weighted by molar-refractivity contribution is -0.123. The minimum Gasteiger partial charge on any atom is -0.449 e. The number of esters is 1. The van der Waals surface area contributed by atoms with Crippen molar-refractivity contribution in [3.05, 3.63) is 77.4 Å². The van der Waals surface area contributed by atoms with Crippen molar-refractivity contribution in [1.29, 1.82) is 0 Å². The number of hydrogen-bond acceptors (Lipinski definition) is 6. The number of methoxy groups -OCH3 is 1. The molecule has 4 rings (SSSR count). The number of carbonyl (C=O) groups is 4. The summed E-state index contributed by atoms with van der Waals surface area (Å²) in [6.07, 6.45) is -0.559. The number of carbonyl (C=O) groups excluding carboxylic acids is 4. The van der Waals surface area contributed by atoms with Gasteiger partial charge in [-0.3, -0.25) is 19.3 Å². The zero-order chi connectivity index (χ0) is 24.2. The predicted octanol–water partition coefficient (Wildman–Crippen LogP) is 3.66. The summed E-state index contributed by atoms with van der Waals surface area (Å²) in [5.41, 5.74) is 1.05. The predicted molar refractivity (Wildman–Crippen MR) is 126 cm³/mol. The number of fused-ring (bicyclic) bond motifs is 2. The molecule has 0 bridgehead atoms. The first-order valence-corrected chi connectivity index (χ1v) is 10.9. The van der Waals surface area contributed by atoms with E-state index in [1.807, 2.05) is 36.4 Å². The standard InChI is InChI=1S/C26H24N2O6/c1-16(23(29)27-20-10-8-17-6-3-4-7-18(17)14-20)34-26(32)19-9-11-21-22(15-19)25(31)28(24(21)30)12-5-13-33-2/h3-4,6-11,14-16H,5,12-13H2,1-2H3,(H,27,29). The zero-order valence-corrected chi connectivity index (χ0v) is 18.9. The Balaban J connectivity index is 1.41. The van der Waals surface area contributed by atoms with Crippen molar-refractivity contribution >= 4 is 40.2 Å². The van der Waals surface area contributed by atoms with Gasteiger partial charge in [0, 0.05) is 25.9 Å². The summed E-state index contributed by atoms with van der Waals surface area (Å²) in [6, 6.07) is 17.4. The van der Waals surface area contributed by atoms with Crippen LogP contribution in [0, 0.1) is 0 Å². The average molecular weight is 460 g/mol. The van der Waals surface area contributed by atoms with Gasteiger partial charge in [0.05, 0.1) is 16.7 Å². The summed E-state index contributed by atoms with van der Waals surface area (Å²) in [5, 5.41) is 4.76. The van der Waals surface area contributed by atoms with Crippen LogP contribution < -0.4 is 5.32 Å². The van der Waals surface area contributed by atoms with Crippen molar-refractivity contribution in [2.75, 3.05) is 25.6 Å². The quantitative estimate of drug-likeness (QED) is 0.313. The van der Waals surface area contributed by atoms with E-state index in [0.29, 0.717) is 18.7 Å². The van der Waals surface area contributed by atoms with Gasteiger partial charge in [-0.05, 0) is 54.4 Å². The molecule has 8 nitrogen and oxygen atoms in total. The number of nitrogens with one attached hydrogen (secondary N) is 1. The van der Waals surface area contributed by atoms with Crippen LogP contribution in [0.1, 0.15) is 44.4 Å². The van der Waals surface area contributed by atoms with E-state index >= 15 is 0 Å². The van der Waals surface area contributed by atoms with Crippen LogP contribution in [0.15, 0.2) is 60.7 Å². The average Bonchev–Trinajstić information content (AvgIpc) is 3.08. The van der Waals surface area contributed by atoms with Crippen LogP contribution in [0.3, 0.4) is 0 Å². The lowest BCUT2D eigenvalue weighted by Crippen LogP contribution is -2.31. The van der Waals surface area contributed by atoms with Crippen molar-refractivity contribution in [1.82, 2.24) is 4.90 Å². The maximum atomic E-state index is 12.7. The van der Waals surface area contributed by atoms with E-state index in [9.17, 15) is 19.2 Å². The Bertz CT molecular complexity index is 1290. The van der Waals surface area contributed by atoms with Crippen molar-refractivity contribution in [3.8, 4) is 0 Å². The maximum absolute atomic E-state index is 12.7. The summed E-state index contributed by atoms with van der Waals surface area (Å²) in [5.74, 6) is -2.12. The van der Waals surface area contributed by atoms with E-state index in [0.717, 1.165) is 15.7 Å². The summed E-state index contributed by atoms with van der Waals surface area (Å²) >= 11 is 0. The van der Waals surface area contributed by atoms with E-state index in [-0.39, 0.29) is 23.2 Å². The summed E-state index contributed by atoms with van der Waals surface area (Å²) in [4.78, 5) is 51.5. The fraction of sp³-hybridized carbons (Fsp3) is 0.231. The minimum absolute atomic E-state index is 0.0870. The minimum atomic E-state index is -1.07. The number of rotatable bonds is 8. The molecule has 1 unspecified atom stereocenters. The lowest BCUT2D eigenvalue weighted by atomic mass is 10.1. The highest BCUT2D eigenvalue weighted by atomic mass is 16.5. The molecule has 0 aromatic heterocycles. The van der Waals surface area contributed by atoms with Gasteiger partial charge in [-0.2, -0.15) is 0 Å². The fourth-order valence-corrected chi connectivity index (χ4v) is 3.78. The number of ether oxygens (including phenoxy) is 2. The first-order chi connectivity index (χ1) is 16.4. The number of amides is 3. The third-order valence-electron chi connectivity index (χ3n) is 5.61. The first-order valence-electron chi connectivity index (χ1n) is 10.9. The van der Waals surface area contributed by atoms with E-state index in [2.05, 4.69) is 5.32 Å². The van der Waals surface area contributed by atoms with Crippen molar-refractivity contribution in [2.24, 2.45) is 0 Å². The summed E-state index contributed by atoms with van der Waals surface area (Å²) < 4.78 is 10.3. The van der Waals surface area contributed by atoms with Gasteiger partial charge in [-0.1, -0.05) is 30.3 Å². The Morgan fingerprint density at radius 2 is 1.68 bits per heavy atom. The molecule has 1 aliphatic rings. The molecule has 0 spiro atoms. The van der Waals surface area contributed by atoms with Crippen molar-refractivity contribution in [3.63, 3.8) is 0 Å². The molecule has 0 saturated heterocycles. The molecule has 1 aliphatic heterocycles. The van der Waals surface area contributed by atoms with E-state index in [1.54, 1.807) is 13.2 Å². The van der Waals surface area contributed by atoms with E-state index in [1.165, 1.54) is 25.1 Å². The van der Waals surface area contributed by atoms with Gasteiger partial charge in [0.1, 0.15) is 0 Å². The highest BCUT2D eigenvalue weighted by Gasteiger charge is 2.36. The molecule has 8 heteroatoms. The highest BCUT2D eigenvalue weighted by molar-refractivity contribution is 6.22. The molecule has 1 heterocycles. The maximum Gasteiger partial charge on any atom is 0.338 e. The van der Waals surface area contributed by atoms with Gasteiger partial charge in [-0.15, -0.1) is 0 Å². The van der Waals surface area contributed by atoms with Crippen molar-refractivity contribution in [2.45, 2.75) is 19.4 Å². The molecule has 0 aliphatic carbocycles. The van der Waals surface area contributed by atoms with Crippen LogP contribution in [-0.2, 0) is 14.3 Å². The molecular weight excluding hydrogens is 436 g/mol. The van der Waals surface area contributed by atoms with Gasteiger partial charge in [0.2, 0.25) is 0 Å². The zero-order valence-electron chi connectivity index (χ0n) is 18.9. The largest absolute Gasteiger partial charge is 0.449 e. The Morgan fingerprint density at radius 1 is 0.941 bits per heavy atom. The number of anilines is 1. The van der Waals surface area contributed by atoms with Gasteiger partial charge < -0.3 is 14.8 Å². The van der Waals surface area contributed by atoms with Gasteiger partial charge in [0.15, 0.2) is 6.10 Å². The van der Waals surface area contributed by atoms with Gasteiger partial charge >= 0.3 is 5.97 Å². The Kier molecular flexibility index (Phi) is 6.70. The van der Waals surface area contributed by atoms with Crippen LogP contribution in [0.5, 0.6) is 0 Å². The van der Waals surface area contributed by atoms with Crippen molar-refractivity contribution < 1.29 is 28.7 Å². The lowest BCUT2D eigenvalue weighted by Gasteiger charge is -2.14. The van der Waals surface area contributed by atoms with E-state index in [4.69, 9.17) is 9.47 Å². The molecular formula is C26H24N2O6. The molecule has 174 valence electrons. The fourth-order valence-electron chi connectivity index (χ4n) is 3.78. The first kappa shape index (κ1) is 23.1. The topological polar surface area (TPSA) is 102 Å². The van der Waals surface area contributed by atoms with Gasteiger partial charge in [-0.25, -0.2) is 4.79 Å². The molecule has 3 aromatic rings. The number of benzene rings is 3.